The van der Waals surface area contributed by atoms with E-state index in [1.807, 2.05) is 0 Å². The van der Waals surface area contributed by atoms with E-state index >= 15 is 0 Å². The summed E-state index contributed by atoms with van der Waals surface area (Å²) in [7, 11) is -0.251. The molecule has 2 atom stereocenters. The zero-order valence-electron chi connectivity index (χ0n) is 11.3. The number of allylic oxidation sites excluding steroid dienone is 4. The highest BCUT2D eigenvalue weighted by Crippen LogP contribution is 2.76. The highest BCUT2D eigenvalue weighted by atomic mass is 31.2. The van der Waals surface area contributed by atoms with Gasteiger partial charge in [-0.3, -0.25) is 0 Å². The monoisotopic (exact) mass is 238 g/mol. The van der Waals surface area contributed by atoms with Crippen LogP contribution in [0.2, 0.25) is 0 Å². The molecule has 0 aromatic rings. The average molecular weight is 238 g/mol. The molecular formula is C14H23OP. The first-order valence-corrected chi connectivity index (χ1v) is 7.59. The summed E-state index contributed by atoms with van der Waals surface area (Å²) in [5.41, 5.74) is 6.08. The summed E-state index contributed by atoms with van der Waals surface area (Å²) < 4.78 is 5.98. The molecule has 2 heteroatoms. The van der Waals surface area contributed by atoms with Crippen molar-refractivity contribution in [2.45, 2.75) is 65.4 Å². The zero-order valence-corrected chi connectivity index (χ0v) is 12.2. The molecule has 0 spiro atoms. The molecule has 1 nitrogen and oxygen atoms in total. The molecule has 0 bridgehead atoms. The van der Waals surface area contributed by atoms with Crippen LogP contribution in [0.4, 0.5) is 0 Å². The maximum Gasteiger partial charge on any atom is 0.107 e. The van der Waals surface area contributed by atoms with E-state index in [9.17, 15) is 0 Å². The molecule has 1 aliphatic carbocycles. The molecule has 0 aromatic carbocycles. The Morgan fingerprint density at radius 3 is 2.06 bits per heavy atom. The fourth-order valence-corrected chi connectivity index (χ4v) is 5.55. The Morgan fingerprint density at radius 2 is 1.62 bits per heavy atom. The van der Waals surface area contributed by atoms with Gasteiger partial charge in [0.1, 0.15) is 5.85 Å². The maximum atomic E-state index is 5.98. The molecule has 0 unspecified atom stereocenters. The number of hydrogen-bond donors (Lipinski definition) is 0. The Hall–Kier alpha value is -0.130. The highest BCUT2D eigenvalue weighted by molar-refractivity contribution is 7.61. The molecule has 2 aliphatic rings. The Morgan fingerprint density at radius 1 is 1.12 bits per heavy atom. The van der Waals surface area contributed by atoms with Gasteiger partial charge in [-0.25, -0.2) is 0 Å². The average Bonchev–Trinajstić information content (AvgIpc) is 3.01. The van der Waals surface area contributed by atoms with E-state index in [0.29, 0.717) is 5.85 Å². The minimum absolute atomic E-state index is 0.239. The van der Waals surface area contributed by atoms with Crippen molar-refractivity contribution >= 4 is 8.15 Å². The molecule has 0 radical (unpaired) electrons. The van der Waals surface area contributed by atoms with Crippen LogP contribution in [0.25, 0.3) is 0 Å². The molecule has 1 fully saturated rings. The van der Waals surface area contributed by atoms with Gasteiger partial charge in [-0.15, -0.1) is 0 Å². The first-order chi connectivity index (χ1) is 7.44. The smallest absolute Gasteiger partial charge is 0.107 e. The summed E-state index contributed by atoms with van der Waals surface area (Å²) in [5, 5.41) is 0.239. The SMILES string of the molecule is CCC[C@@H]1O[P@]1C1(C)C(C)=C(C)C(C)=C1C. The molecule has 1 aliphatic heterocycles. The van der Waals surface area contributed by atoms with Gasteiger partial charge < -0.3 is 4.52 Å². The van der Waals surface area contributed by atoms with Gasteiger partial charge in [0.15, 0.2) is 0 Å². The molecule has 0 saturated carbocycles. The van der Waals surface area contributed by atoms with Gasteiger partial charge in [-0.1, -0.05) is 24.5 Å². The lowest BCUT2D eigenvalue weighted by Gasteiger charge is -2.27. The van der Waals surface area contributed by atoms with Gasteiger partial charge in [0.2, 0.25) is 0 Å². The summed E-state index contributed by atoms with van der Waals surface area (Å²) in [4.78, 5) is 0. The molecule has 90 valence electrons. The van der Waals surface area contributed by atoms with E-state index in [1.54, 1.807) is 11.1 Å². The molecule has 1 heterocycles. The molecule has 16 heavy (non-hydrogen) atoms. The van der Waals surface area contributed by atoms with E-state index in [4.69, 9.17) is 4.52 Å². The standard InChI is InChI=1S/C14H23OP/c1-7-8-13-15-16(13)14(6)11(4)9(2)10(3)12(14)5/h13H,7-8H2,1-6H3/t13-,16+/m1/s1. The maximum absolute atomic E-state index is 5.98. The first kappa shape index (κ1) is 12.3. The van der Waals surface area contributed by atoms with Crippen LogP contribution in [0.1, 0.15) is 54.4 Å². The van der Waals surface area contributed by atoms with Crippen molar-refractivity contribution in [2.75, 3.05) is 0 Å². The fourth-order valence-electron chi connectivity index (χ4n) is 2.82. The van der Waals surface area contributed by atoms with E-state index in [1.165, 1.54) is 24.0 Å². The highest BCUT2D eigenvalue weighted by Gasteiger charge is 2.55. The van der Waals surface area contributed by atoms with Crippen molar-refractivity contribution in [3.63, 3.8) is 0 Å². The van der Waals surface area contributed by atoms with Crippen LogP contribution in [0, 0.1) is 0 Å². The summed E-state index contributed by atoms with van der Waals surface area (Å²) in [6.45, 7) is 13.7. The van der Waals surface area contributed by atoms with Crippen LogP contribution in [-0.2, 0) is 4.52 Å². The lowest BCUT2D eigenvalue weighted by Crippen LogP contribution is -2.20. The van der Waals surface area contributed by atoms with Gasteiger partial charge in [0.05, 0.1) is 13.3 Å². The lowest BCUT2D eigenvalue weighted by molar-refractivity contribution is 0.433. The predicted octanol–water partition coefficient (Wildman–Crippen LogP) is 4.98. The third-order valence-corrected chi connectivity index (χ3v) is 7.29. The van der Waals surface area contributed by atoms with Crippen molar-refractivity contribution in [3.05, 3.63) is 22.3 Å². The molecule has 0 N–H and O–H groups in total. The largest absolute Gasteiger partial charge is 0.345 e. The normalized spacial score (nSPS) is 32.6. The quantitative estimate of drug-likeness (QED) is 0.498. The van der Waals surface area contributed by atoms with Crippen molar-refractivity contribution in [3.8, 4) is 0 Å². The van der Waals surface area contributed by atoms with Crippen LogP contribution in [0.3, 0.4) is 0 Å². The predicted molar refractivity (Wildman–Crippen MR) is 71.9 cm³/mol. The van der Waals surface area contributed by atoms with Crippen molar-refractivity contribution in [1.82, 2.24) is 0 Å². The van der Waals surface area contributed by atoms with Crippen LogP contribution in [0.15, 0.2) is 22.3 Å². The molecular weight excluding hydrogens is 215 g/mol. The van der Waals surface area contributed by atoms with Crippen LogP contribution in [-0.4, -0.2) is 11.0 Å². The van der Waals surface area contributed by atoms with E-state index in [0.717, 1.165) is 0 Å². The van der Waals surface area contributed by atoms with Crippen LogP contribution < -0.4 is 0 Å². The van der Waals surface area contributed by atoms with Gasteiger partial charge in [-0.2, -0.15) is 0 Å². The van der Waals surface area contributed by atoms with E-state index in [2.05, 4.69) is 41.5 Å². The van der Waals surface area contributed by atoms with Crippen molar-refractivity contribution in [2.24, 2.45) is 0 Å². The Balaban J connectivity index is 2.28. The van der Waals surface area contributed by atoms with Gasteiger partial charge in [-0.05, 0) is 52.2 Å². The molecule has 1 saturated heterocycles. The fraction of sp³-hybridized carbons (Fsp3) is 0.714. The molecule has 2 rings (SSSR count). The Kier molecular flexibility index (Phi) is 3.05. The summed E-state index contributed by atoms with van der Waals surface area (Å²) >= 11 is 0. The van der Waals surface area contributed by atoms with Gasteiger partial charge in [0, 0.05) is 0 Å². The number of hydrogen-bond acceptors (Lipinski definition) is 1. The topological polar surface area (TPSA) is 12.5 Å². The summed E-state index contributed by atoms with van der Waals surface area (Å²) in [6, 6.07) is 0. The summed E-state index contributed by atoms with van der Waals surface area (Å²) in [5.74, 6) is 0.564. The van der Waals surface area contributed by atoms with Gasteiger partial charge >= 0.3 is 0 Å². The van der Waals surface area contributed by atoms with Crippen molar-refractivity contribution < 1.29 is 4.52 Å². The van der Waals surface area contributed by atoms with Crippen LogP contribution >= 0.6 is 8.15 Å². The molecule has 0 aromatic heterocycles. The first-order valence-electron chi connectivity index (χ1n) is 6.27. The summed E-state index contributed by atoms with van der Waals surface area (Å²) in [6.07, 6.45) is 2.48. The minimum Gasteiger partial charge on any atom is -0.345 e. The number of rotatable bonds is 3. The second-order valence-electron chi connectivity index (χ2n) is 5.25. The third-order valence-electron chi connectivity index (χ3n) is 4.58. The lowest BCUT2D eigenvalue weighted by atomic mass is 9.98. The second kappa shape index (κ2) is 3.96. The van der Waals surface area contributed by atoms with Crippen molar-refractivity contribution in [1.29, 1.82) is 0 Å². The Labute approximate surface area is 101 Å². The van der Waals surface area contributed by atoms with Crippen LogP contribution in [0.5, 0.6) is 0 Å². The minimum atomic E-state index is -0.251. The molecule has 0 amide bonds. The Bertz CT molecular complexity index is 354. The van der Waals surface area contributed by atoms with Gasteiger partial charge in [0.25, 0.3) is 0 Å². The van der Waals surface area contributed by atoms with E-state index in [-0.39, 0.29) is 13.3 Å². The third kappa shape index (κ3) is 1.52. The second-order valence-corrected chi connectivity index (χ2v) is 7.58. The zero-order chi connectivity index (χ0) is 12.1. The van der Waals surface area contributed by atoms with E-state index < -0.39 is 0 Å².